The van der Waals surface area contributed by atoms with Gasteiger partial charge in [0.15, 0.2) is 0 Å². The Morgan fingerprint density at radius 1 is 0.682 bits per heavy atom. The third-order valence-electron chi connectivity index (χ3n) is 7.91. The molecule has 2 heteroatoms. The van der Waals surface area contributed by atoms with Crippen molar-refractivity contribution in [2.24, 2.45) is 0 Å². The molecule has 0 unspecified atom stereocenters. The molecule has 1 aliphatic carbocycles. The predicted octanol–water partition coefficient (Wildman–Crippen LogP) is 8.89. The fraction of sp³-hybridized carbons (Fsp3) is 0.0476. The second-order valence-corrected chi connectivity index (χ2v) is 10.7. The maximum atomic E-state index is 5.40. The highest BCUT2D eigenvalue weighted by atomic mass is 15.2. The summed E-state index contributed by atoms with van der Waals surface area (Å²) in [5.74, 6) is 2.55. The zero-order valence-corrected chi connectivity index (χ0v) is 24.7. The van der Waals surface area contributed by atoms with Crippen LogP contribution in [0.1, 0.15) is 0 Å². The van der Waals surface area contributed by atoms with Crippen molar-refractivity contribution in [2.45, 2.75) is 6.04 Å². The van der Waals surface area contributed by atoms with E-state index in [1.807, 2.05) is 18.2 Å². The van der Waals surface area contributed by atoms with Crippen LogP contribution in [-0.4, -0.2) is 12.6 Å². The normalized spacial score (nSPS) is 12.8. The Morgan fingerprint density at radius 3 is 2.05 bits per heavy atom. The Balaban J connectivity index is 1.65. The first-order valence-electron chi connectivity index (χ1n) is 14.8. The standard InChI is InChI=1S/C42H34N2/c1-4-5-6-7-16-31-43(35-17-10-8-11-18-35)40-30-26-34-25-28-38-33(3)42(34)39(40)27-23-32(2)24-29-41(38)44(37-21-14-15-22-37)36-19-12-9-13-20-36/h1,5-30,37H,2-3,31H2/b6-5-,16-7-,27-23?,29-24?,41-38?. The van der Waals surface area contributed by atoms with Gasteiger partial charge in [-0.1, -0.05) is 134 Å². The highest BCUT2D eigenvalue weighted by Gasteiger charge is 2.20. The lowest BCUT2D eigenvalue weighted by Crippen LogP contribution is -2.27. The zero-order valence-electron chi connectivity index (χ0n) is 24.7. The van der Waals surface area contributed by atoms with Crippen LogP contribution in [0.3, 0.4) is 0 Å². The molecule has 0 aromatic heterocycles. The summed E-state index contributed by atoms with van der Waals surface area (Å²) in [7, 11) is 0. The molecule has 1 aliphatic rings. The molecule has 0 fully saturated rings. The van der Waals surface area contributed by atoms with E-state index in [4.69, 9.17) is 13.0 Å². The lowest BCUT2D eigenvalue weighted by Gasteiger charge is -2.30. The van der Waals surface area contributed by atoms with E-state index in [9.17, 15) is 0 Å². The summed E-state index contributed by atoms with van der Waals surface area (Å²) >= 11 is 0. The van der Waals surface area contributed by atoms with Crippen LogP contribution in [0.5, 0.6) is 0 Å². The molecule has 0 radical (unpaired) electrons. The monoisotopic (exact) mass is 566 g/mol. The summed E-state index contributed by atoms with van der Waals surface area (Å²) in [6.45, 7) is 9.79. The van der Waals surface area contributed by atoms with E-state index in [1.165, 1.54) is 0 Å². The Hall–Kier alpha value is -5.78. The molecule has 5 aromatic rings. The lowest BCUT2D eigenvalue weighted by molar-refractivity contribution is 0.959. The van der Waals surface area contributed by atoms with Gasteiger partial charge in [0, 0.05) is 40.1 Å². The summed E-state index contributed by atoms with van der Waals surface area (Å²) in [5, 5.41) is 6.36. The van der Waals surface area contributed by atoms with E-state index in [0.717, 1.165) is 54.7 Å². The molecule has 6 rings (SSSR count). The number of terminal acetylenes is 1. The van der Waals surface area contributed by atoms with Gasteiger partial charge in [0.05, 0.1) is 6.04 Å². The molecule has 0 saturated heterocycles. The molecule has 2 nitrogen and oxygen atoms in total. The van der Waals surface area contributed by atoms with Crippen LogP contribution in [0.2, 0.25) is 0 Å². The summed E-state index contributed by atoms with van der Waals surface area (Å²) in [6.07, 6.45) is 21.8. The first-order valence-corrected chi connectivity index (χ1v) is 14.8. The van der Waals surface area contributed by atoms with Crippen molar-refractivity contribution >= 4 is 57.5 Å². The molecular formula is C42H34N2. The van der Waals surface area contributed by atoms with Crippen LogP contribution in [0.4, 0.5) is 22.7 Å². The number of allylic oxidation sites excluding steroid dienone is 5. The van der Waals surface area contributed by atoms with Crippen molar-refractivity contribution in [3.05, 3.63) is 168 Å². The van der Waals surface area contributed by atoms with Gasteiger partial charge in [0.2, 0.25) is 0 Å². The van der Waals surface area contributed by atoms with Crippen molar-refractivity contribution in [1.82, 2.24) is 0 Å². The molecule has 0 amide bonds. The van der Waals surface area contributed by atoms with E-state index in [0.29, 0.717) is 6.54 Å². The predicted molar refractivity (Wildman–Crippen MR) is 192 cm³/mol. The highest BCUT2D eigenvalue weighted by molar-refractivity contribution is 6.09. The summed E-state index contributed by atoms with van der Waals surface area (Å²) in [6, 6.07) is 38.5. The van der Waals surface area contributed by atoms with Gasteiger partial charge in [-0.15, -0.1) is 6.42 Å². The fourth-order valence-corrected chi connectivity index (χ4v) is 5.84. The van der Waals surface area contributed by atoms with Crippen LogP contribution in [0.25, 0.3) is 34.7 Å². The van der Waals surface area contributed by atoms with Crippen molar-refractivity contribution < 1.29 is 0 Å². The van der Waals surface area contributed by atoms with Crippen LogP contribution in [0.15, 0.2) is 158 Å². The minimum Gasteiger partial charge on any atom is -0.337 e. The third kappa shape index (κ3) is 5.77. The zero-order chi connectivity index (χ0) is 30.3. The van der Waals surface area contributed by atoms with Gasteiger partial charge in [0.25, 0.3) is 0 Å². The van der Waals surface area contributed by atoms with Crippen LogP contribution < -0.4 is 20.2 Å². The molecule has 0 aliphatic heterocycles. The topological polar surface area (TPSA) is 6.48 Å². The number of anilines is 4. The lowest BCUT2D eigenvalue weighted by atomic mass is 9.98. The Bertz CT molecular complexity index is 2080. The smallest absolute Gasteiger partial charge is 0.0712 e. The minimum absolute atomic E-state index is 0.0774. The molecule has 2 bridgehead atoms. The maximum absolute atomic E-state index is 5.40. The van der Waals surface area contributed by atoms with E-state index in [2.05, 4.69) is 156 Å². The summed E-state index contributed by atoms with van der Waals surface area (Å²) < 4.78 is 0. The number of hydrogen-bond donors (Lipinski definition) is 0. The summed E-state index contributed by atoms with van der Waals surface area (Å²) in [4.78, 5) is 4.70. The third-order valence-corrected chi connectivity index (χ3v) is 7.91. The molecule has 0 saturated carbocycles. The average molecular weight is 567 g/mol. The molecule has 5 aromatic carbocycles. The van der Waals surface area contributed by atoms with Gasteiger partial charge in [-0.25, -0.2) is 0 Å². The van der Waals surface area contributed by atoms with Gasteiger partial charge in [-0.05, 0) is 63.7 Å². The molecule has 0 heterocycles. The van der Waals surface area contributed by atoms with Crippen molar-refractivity contribution in [3.63, 3.8) is 0 Å². The Morgan fingerprint density at radius 2 is 1.32 bits per heavy atom. The molecule has 0 N–H and O–H groups in total. The van der Waals surface area contributed by atoms with E-state index in [-0.39, 0.29) is 6.04 Å². The first-order chi connectivity index (χ1) is 21.7. The quantitative estimate of drug-likeness (QED) is 0.137. The van der Waals surface area contributed by atoms with Crippen LogP contribution >= 0.6 is 0 Å². The van der Waals surface area contributed by atoms with E-state index in [1.54, 1.807) is 6.08 Å². The van der Waals surface area contributed by atoms with Gasteiger partial charge in [-0.2, -0.15) is 0 Å². The maximum Gasteiger partial charge on any atom is 0.0712 e. The van der Waals surface area contributed by atoms with Crippen molar-refractivity contribution in [1.29, 1.82) is 0 Å². The Labute approximate surface area is 259 Å². The minimum atomic E-state index is 0.0774. The number of benzene rings is 4. The molecule has 44 heavy (non-hydrogen) atoms. The summed E-state index contributed by atoms with van der Waals surface area (Å²) in [5.41, 5.74) is 4.37. The number of fused-ring (bicyclic) bond motifs is 1. The second-order valence-electron chi connectivity index (χ2n) is 10.7. The molecule has 212 valence electrons. The van der Waals surface area contributed by atoms with Gasteiger partial charge >= 0.3 is 0 Å². The van der Waals surface area contributed by atoms with E-state index < -0.39 is 0 Å². The largest absolute Gasteiger partial charge is 0.337 e. The number of hydrogen-bond acceptors (Lipinski definition) is 2. The highest BCUT2D eigenvalue weighted by Crippen LogP contribution is 2.36. The number of rotatable bonds is 8. The van der Waals surface area contributed by atoms with Crippen molar-refractivity contribution in [2.75, 3.05) is 16.3 Å². The fourth-order valence-electron chi connectivity index (χ4n) is 5.84. The average Bonchev–Trinajstić information content (AvgIpc) is 3.59. The molecule has 0 atom stereocenters. The van der Waals surface area contributed by atoms with Gasteiger partial charge in [-0.3, -0.25) is 0 Å². The Kier molecular flexibility index (Phi) is 8.39. The first kappa shape index (κ1) is 28.3. The van der Waals surface area contributed by atoms with Crippen LogP contribution in [0, 0.1) is 12.3 Å². The van der Waals surface area contributed by atoms with E-state index >= 15 is 0 Å². The number of nitrogens with zero attached hydrogens (tertiary/aromatic N) is 2. The SMILES string of the molecule is C#C/C=C\C=C/CN(c1ccccc1)c1ccc2ccc3c(N(c4ccccc4)C4C=CC=C4)ccc(=C)ccc1c2c3=C. The second kappa shape index (κ2) is 13.0. The molecule has 0 spiro atoms. The number of para-hydroxylation sites is 2. The van der Waals surface area contributed by atoms with Gasteiger partial charge < -0.3 is 9.80 Å². The van der Waals surface area contributed by atoms with Crippen molar-refractivity contribution in [3.8, 4) is 12.3 Å². The van der Waals surface area contributed by atoms with Gasteiger partial charge in [0.1, 0.15) is 0 Å². The molecular weight excluding hydrogens is 532 g/mol. The van der Waals surface area contributed by atoms with Crippen LogP contribution in [-0.2, 0) is 0 Å².